The minimum absolute atomic E-state index is 0.158. The van der Waals surface area contributed by atoms with Crippen LogP contribution >= 0.6 is 0 Å². The van der Waals surface area contributed by atoms with Crippen molar-refractivity contribution in [1.82, 2.24) is 0 Å². The molecule has 2 aliphatic carbocycles. The molecular formula is C27H32O2S. The molecule has 2 aromatic rings. The van der Waals surface area contributed by atoms with E-state index in [2.05, 4.69) is 64.1 Å². The Morgan fingerprint density at radius 1 is 0.967 bits per heavy atom. The summed E-state index contributed by atoms with van der Waals surface area (Å²) in [4.78, 5) is 0. The van der Waals surface area contributed by atoms with E-state index in [9.17, 15) is 8.42 Å². The number of hydrogen-bond donors (Lipinski definition) is 0. The Morgan fingerprint density at radius 2 is 1.67 bits per heavy atom. The van der Waals surface area contributed by atoms with E-state index in [0.717, 1.165) is 16.0 Å². The lowest BCUT2D eigenvalue weighted by Crippen LogP contribution is -2.33. The third-order valence-corrected chi connectivity index (χ3v) is 8.87. The first kappa shape index (κ1) is 21.1. The zero-order valence-electron chi connectivity index (χ0n) is 18.7. The third kappa shape index (κ3) is 3.80. The molecule has 0 spiro atoms. The van der Waals surface area contributed by atoms with E-state index in [1.54, 1.807) is 13.0 Å². The molecule has 0 fully saturated rings. The molecule has 0 bridgehead atoms. The van der Waals surface area contributed by atoms with Gasteiger partial charge in [-0.25, -0.2) is 8.42 Å². The molecule has 4 rings (SSSR count). The summed E-state index contributed by atoms with van der Waals surface area (Å²) in [6.45, 7) is 11.1. The van der Waals surface area contributed by atoms with Crippen LogP contribution in [-0.4, -0.2) is 19.4 Å². The van der Waals surface area contributed by atoms with E-state index >= 15 is 0 Å². The van der Waals surface area contributed by atoms with Crippen LogP contribution in [0, 0.1) is 0 Å². The quantitative estimate of drug-likeness (QED) is 0.734. The van der Waals surface area contributed by atoms with Gasteiger partial charge in [0.25, 0.3) is 0 Å². The van der Waals surface area contributed by atoms with Crippen LogP contribution in [0.4, 0.5) is 0 Å². The summed E-state index contributed by atoms with van der Waals surface area (Å²) in [5.41, 5.74) is 5.65. The topological polar surface area (TPSA) is 34.1 Å². The summed E-state index contributed by atoms with van der Waals surface area (Å²) >= 11 is 0. The van der Waals surface area contributed by atoms with Crippen LogP contribution in [0.25, 0.3) is 18.2 Å². The van der Waals surface area contributed by atoms with Crippen molar-refractivity contribution in [3.05, 3.63) is 75.2 Å². The molecule has 0 amide bonds. The summed E-state index contributed by atoms with van der Waals surface area (Å²) in [5.74, 6) is 0.158. The predicted octanol–water partition coefficient (Wildman–Crippen LogP) is 4.48. The lowest BCUT2D eigenvalue weighted by Gasteiger charge is -2.42. The van der Waals surface area contributed by atoms with Crippen molar-refractivity contribution in [3.8, 4) is 0 Å². The second-order valence-electron chi connectivity index (χ2n) is 10.0. The lowest BCUT2D eigenvalue weighted by molar-refractivity contribution is 0.332. The number of benzene rings is 2. The predicted molar refractivity (Wildman–Crippen MR) is 128 cm³/mol. The Kier molecular flexibility index (Phi) is 5.09. The highest BCUT2D eigenvalue weighted by Gasteiger charge is 2.36. The van der Waals surface area contributed by atoms with Gasteiger partial charge in [-0.2, -0.15) is 0 Å². The van der Waals surface area contributed by atoms with E-state index in [1.807, 2.05) is 18.2 Å². The second kappa shape index (κ2) is 7.23. The molecular weight excluding hydrogens is 388 g/mol. The number of rotatable bonds is 3. The molecule has 0 radical (unpaired) electrons. The van der Waals surface area contributed by atoms with Gasteiger partial charge in [-0.15, -0.1) is 0 Å². The highest BCUT2D eigenvalue weighted by molar-refractivity contribution is 7.92. The average Bonchev–Trinajstić information content (AvgIpc) is 2.71. The van der Waals surface area contributed by atoms with Crippen LogP contribution < -0.4 is 10.4 Å². The van der Waals surface area contributed by atoms with Gasteiger partial charge in [0.15, 0.2) is 9.84 Å². The summed E-state index contributed by atoms with van der Waals surface area (Å²) < 4.78 is 24.4. The zero-order valence-corrected chi connectivity index (χ0v) is 19.5. The van der Waals surface area contributed by atoms with Crippen molar-refractivity contribution in [1.29, 1.82) is 0 Å². The molecule has 1 unspecified atom stereocenters. The lowest BCUT2D eigenvalue weighted by atomic mass is 9.63. The molecule has 2 aliphatic rings. The summed E-state index contributed by atoms with van der Waals surface area (Å²) in [6, 6.07) is 13.2. The maximum Gasteiger partial charge on any atom is 0.160 e. The van der Waals surface area contributed by atoms with Crippen molar-refractivity contribution in [2.24, 2.45) is 0 Å². The van der Waals surface area contributed by atoms with Crippen LogP contribution in [0.1, 0.15) is 69.7 Å². The molecule has 0 aliphatic heterocycles. The fraction of sp³-hybridized carbons (Fsp3) is 0.407. The van der Waals surface area contributed by atoms with Crippen molar-refractivity contribution in [2.45, 2.75) is 63.5 Å². The maximum atomic E-state index is 12.2. The Morgan fingerprint density at radius 3 is 2.37 bits per heavy atom. The molecule has 0 aromatic heterocycles. The van der Waals surface area contributed by atoms with E-state index < -0.39 is 15.1 Å². The fourth-order valence-corrected chi connectivity index (χ4v) is 5.77. The Bertz CT molecular complexity index is 1240. The Hall–Kier alpha value is -2.13. The molecule has 1 atom stereocenters. The van der Waals surface area contributed by atoms with Crippen molar-refractivity contribution < 1.29 is 8.42 Å². The summed E-state index contributed by atoms with van der Waals surface area (Å²) in [6.07, 6.45) is 10.3. The molecule has 0 saturated carbocycles. The van der Waals surface area contributed by atoms with E-state index in [1.165, 1.54) is 29.5 Å². The highest BCUT2D eigenvalue weighted by atomic mass is 32.2. The Balaban J connectivity index is 1.75. The van der Waals surface area contributed by atoms with Crippen LogP contribution in [-0.2, 0) is 20.7 Å². The molecule has 2 nitrogen and oxygen atoms in total. The SMILES string of the molecule is CCS(=O)(=O)C1C=Cc2c/c(=C\c3ccc4c(c3)C(C)(C)CCC4(C)C)ccc2=C1. The van der Waals surface area contributed by atoms with Gasteiger partial charge in [-0.3, -0.25) is 0 Å². The maximum absolute atomic E-state index is 12.2. The first-order chi connectivity index (χ1) is 14.0. The highest BCUT2D eigenvalue weighted by Crippen LogP contribution is 2.45. The first-order valence-corrected chi connectivity index (χ1v) is 12.6. The molecule has 158 valence electrons. The van der Waals surface area contributed by atoms with Gasteiger partial charge in [0.1, 0.15) is 0 Å². The third-order valence-electron chi connectivity index (χ3n) is 6.95. The van der Waals surface area contributed by atoms with Crippen molar-refractivity contribution in [3.63, 3.8) is 0 Å². The smallest absolute Gasteiger partial charge is 0.160 e. The fourth-order valence-electron chi connectivity index (χ4n) is 4.71. The van der Waals surface area contributed by atoms with Crippen LogP contribution in [0.15, 0.2) is 42.5 Å². The van der Waals surface area contributed by atoms with Crippen molar-refractivity contribution >= 4 is 28.1 Å². The van der Waals surface area contributed by atoms with Crippen LogP contribution in [0.5, 0.6) is 0 Å². The molecule has 2 aromatic carbocycles. The van der Waals surface area contributed by atoms with Crippen molar-refractivity contribution in [2.75, 3.05) is 5.75 Å². The van der Waals surface area contributed by atoms with Gasteiger partial charge in [0, 0.05) is 5.75 Å². The number of hydrogen-bond acceptors (Lipinski definition) is 2. The minimum Gasteiger partial charge on any atom is -0.228 e. The summed E-state index contributed by atoms with van der Waals surface area (Å²) in [7, 11) is -3.10. The molecule has 0 saturated heterocycles. The van der Waals surface area contributed by atoms with E-state index in [-0.39, 0.29) is 16.6 Å². The first-order valence-electron chi connectivity index (χ1n) is 10.9. The van der Waals surface area contributed by atoms with Crippen LogP contribution in [0.2, 0.25) is 0 Å². The Labute approximate surface area is 181 Å². The van der Waals surface area contributed by atoms with Gasteiger partial charge >= 0.3 is 0 Å². The van der Waals surface area contributed by atoms with Gasteiger partial charge in [0.05, 0.1) is 5.25 Å². The second-order valence-corrected chi connectivity index (χ2v) is 12.5. The molecule has 0 N–H and O–H groups in total. The van der Waals surface area contributed by atoms with Gasteiger partial charge in [0.2, 0.25) is 0 Å². The monoisotopic (exact) mass is 420 g/mol. The molecule has 0 heterocycles. The van der Waals surface area contributed by atoms with E-state index in [4.69, 9.17) is 0 Å². The van der Waals surface area contributed by atoms with Gasteiger partial charge in [-0.05, 0) is 68.5 Å². The number of fused-ring (bicyclic) bond motifs is 2. The average molecular weight is 421 g/mol. The largest absolute Gasteiger partial charge is 0.228 e. The van der Waals surface area contributed by atoms with E-state index in [0.29, 0.717) is 0 Å². The molecule has 30 heavy (non-hydrogen) atoms. The normalized spacial score (nSPS) is 22.2. The minimum atomic E-state index is -3.10. The van der Waals surface area contributed by atoms with Gasteiger partial charge in [-0.1, -0.05) is 83.2 Å². The standard InChI is InChI=1S/C27H32O2S/c1-6-30(28,29)23-11-10-21-16-19(7-9-22(21)18-23)15-20-8-12-24-25(17-20)27(4,5)14-13-26(24,2)3/h7-12,15-18,23H,6,13-14H2,1-5H3/b19-15-. The van der Waals surface area contributed by atoms with Gasteiger partial charge < -0.3 is 0 Å². The number of sulfone groups is 1. The zero-order chi connectivity index (χ0) is 21.7. The summed E-state index contributed by atoms with van der Waals surface area (Å²) in [5, 5.41) is 1.61. The van der Waals surface area contributed by atoms with Crippen LogP contribution in [0.3, 0.4) is 0 Å². The molecule has 3 heteroatoms.